The Kier molecular flexibility index (Phi) is 5.89. The minimum absolute atomic E-state index is 0.113. The molecule has 0 saturated carbocycles. The minimum atomic E-state index is -0.613. The summed E-state index contributed by atoms with van der Waals surface area (Å²) < 4.78 is 1.50. The number of nitrogens with zero attached hydrogens (tertiary/aromatic N) is 4. The van der Waals surface area contributed by atoms with Crippen molar-refractivity contribution < 1.29 is 9.72 Å². The largest absolute Gasteiger partial charge is 0.319 e. The van der Waals surface area contributed by atoms with Crippen molar-refractivity contribution in [2.75, 3.05) is 5.32 Å². The fourth-order valence-electron chi connectivity index (χ4n) is 2.98. The highest BCUT2D eigenvalue weighted by atomic mass is 35.5. The Morgan fingerprint density at radius 3 is 2.47 bits per heavy atom. The van der Waals surface area contributed by atoms with Gasteiger partial charge in [0.05, 0.1) is 20.7 Å². The molecule has 4 rings (SSSR count). The number of nitro benzene ring substituents is 1. The summed E-state index contributed by atoms with van der Waals surface area (Å²) in [4.78, 5) is 27.7. The number of amides is 1. The fraction of sp³-hybridized carbons (Fsp3) is 0.0455. The van der Waals surface area contributed by atoms with E-state index in [1.807, 2.05) is 31.2 Å². The summed E-state index contributed by atoms with van der Waals surface area (Å²) >= 11 is 12.2. The zero-order chi connectivity index (χ0) is 22.8. The number of carbonyl (C=O) groups excluding carboxylic acids is 1. The molecule has 0 bridgehead atoms. The number of rotatable bonds is 5. The quantitative estimate of drug-likeness (QED) is 0.299. The molecule has 0 fully saturated rings. The second kappa shape index (κ2) is 8.78. The van der Waals surface area contributed by atoms with Gasteiger partial charge in [-0.05, 0) is 31.2 Å². The normalized spacial score (nSPS) is 10.7. The van der Waals surface area contributed by atoms with Gasteiger partial charge in [-0.3, -0.25) is 14.9 Å². The van der Waals surface area contributed by atoms with Crippen LogP contribution in [0.15, 0.2) is 66.7 Å². The molecule has 0 aliphatic rings. The van der Waals surface area contributed by atoms with Crippen molar-refractivity contribution in [3.63, 3.8) is 0 Å². The summed E-state index contributed by atoms with van der Waals surface area (Å²) in [5, 5.41) is 18.7. The maximum atomic E-state index is 12.8. The average Bonchev–Trinajstić information content (AvgIpc) is 3.22. The first-order chi connectivity index (χ1) is 15.3. The lowest BCUT2D eigenvalue weighted by atomic mass is 10.1. The van der Waals surface area contributed by atoms with Crippen molar-refractivity contribution in [1.82, 2.24) is 14.8 Å². The number of halogens is 2. The van der Waals surface area contributed by atoms with Gasteiger partial charge in [0.15, 0.2) is 5.82 Å². The first-order valence-electron chi connectivity index (χ1n) is 9.37. The summed E-state index contributed by atoms with van der Waals surface area (Å²) in [5.41, 5.74) is 2.49. The first-order valence-corrected chi connectivity index (χ1v) is 10.1. The highest BCUT2D eigenvalue weighted by Gasteiger charge is 2.20. The molecule has 1 heterocycles. The van der Waals surface area contributed by atoms with Crippen molar-refractivity contribution in [3.05, 3.63) is 98.3 Å². The second-order valence-electron chi connectivity index (χ2n) is 6.90. The Hall–Kier alpha value is -3.75. The zero-order valence-corrected chi connectivity index (χ0v) is 18.1. The van der Waals surface area contributed by atoms with Crippen LogP contribution in [0.4, 0.5) is 11.4 Å². The number of aryl methyl sites for hydroxylation is 1. The van der Waals surface area contributed by atoms with Crippen molar-refractivity contribution in [1.29, 1.82) is 0 Å². The number of aromatic nitrogens is 3. The van der Waals surface area contributed by atoms with Gasteiger partial charge in [-0.15, -0.1) is 5.10 Å². The molecule has 0 aliphatic carbocycles. The molecule has 0 unspecified atom stereocenters. The Bertz CT molecular complexity index is 1340. The molecular weight excluding hydrogens is 453 g/mol. The molecule has 1 amide bonds. The molecule has 0 atom stereocenters. The van der Waals surface area contributed by atoms with Crippen LogP contribution in [0, 0.1) is 17.0 Å². The standard InChI is InChI=1S/C22H15Cl2N5O3/c1-13-5-7-14(8-6-13)21-26-20(27-28(21)16-9-10-18(23)19(24)12-16)22(30)25-15-3-2-4-17(11-15)29(31)32/h2-12H,1H3,(H,25,30). The first kappa shape index (κ1) is 21.5. The number of anilines is 1. The molecule has 32 heavy (non-hydrogen) atoms. The van der Waals surface area contributed by atoms with E-state index in [0.29, 0.717) is 21.6 Å². The number of hydrogen-bond donors (Lipinski definition) is 1. The maximum absolute atomic E-state index is 12.8. The maximum Gasteiger partial charge on any atom is 0.295 e. The van der Waals surface area contributed by atoms with Crippen molar-refractivity contribution in [3.8, 4) is 17.1 Å². The number of non-ortho nitro benzene ring substituents is 1. The lowest BCUT2D eigenvalue weighted by molar-refractivity contribution is -0.384. The molecule has 0 spiro atoms. The predicted octanol–water partition coefficient (Wildman–Crippen LogP) is 5.71. The monoisotopic (exact) mass is 467 g/mol. The number of nitro groups is 1. The van der Waals surface area contributed by atoms with E-state index in [-0.39, 0.29) is 17.2 Å². The molecule has 3 aromatic carbocycles. The van der Waals surface area contributed by atoms with Gasteiger partial charge in [0.1, 0.15) is 0 Å². The number of nitrogens with one attached hydrogen (secondary N) is 1. The molecule has 0 radical (unpaired) electrons. The van der Waals surface area contributed by atoms with Crippen LogP contribution in [-0.2, 0) is 0 Å². The Morgan fingerprint density at radius 2 is 1.78 bits per heavy atom. The summed E-state index contributed by atoms with van der Waals surface area (Å²) in [6.45, 7) is 1.96. The smallest absolute Gasteiger partial charge is 0.295 e. The van der Waals surface area contributed by atoms with Gasteiger partial charge in [-0.1, -0.05) is 59.1 Å². The number of hydrogen-bond acceptors (Lipinski definition) is 5. The zero-order valence-electron chi connectivity index (χ0n) is 16.6. The van der Waals surface area contributed by atoms with Gasteiger partial charge in [-0.25, -0.2) is 9.67 Å². The second-order valence-corrected chi connectivity index (χ2v) is 7.71. The van der Waals surface area contributed by atoms with Crippen molar-refractivity contribution >= 4 is 40.5 Å². The number of benzene rings is 3. The van der Waals surface area contributed by atoms with Gasteiger partial charge in [0.25, 0.3) is 11.6 Å². The number of carbonyl (C=O) groups is 1. The molecule has 8 nitrogen and oxygen atoms in total. The summed E-state index contributed by atoms with van der Waals surface area (Å²) in [5.74, 6) is -0.302. The van der Waals surface area contributed by atoms with Crippen LogP contribution >= 0.6 is 23.2 Å². The van der Waals surface area contributed by atoms with E-state index in [0.717, 1.165) is 11.1 Å². The molecule has 10 heteroatoms. The van der Waals surface area contributed by atoms with Gasteiger partial charge in [-0.2, -0.15) is 0 Å². The van der Waals surface area contributed by atoms with E-state index >= 15 is 0 Å². The fourth-order valence-corrected chi connectivity index (χ4v) is 3.27. The van der Waals surface area contributed by atoms with Crippen LogP contribution in [0.1, 0.15) is 16.2 Å². The van der Waals surface area contributed by atoms with Gasteiger partial charge < -0.3 is 5.32 Å². The van der Waals surface area contributed by atoms with Gasteiger partial charge >= 0.3 is 0 Å². The van der Waals surface area contributed by atoms with Gasteiger partial charge in [0, 0.05) is 23.4 Å². The predicted molar refractivity (Wildman–Crippen MR) is 123 cm³/mol. The lowest BCUT2D eigenvalue weighted by Crippen LogP contribution is -2.14. The van der Waals surface area contributed by atoms with E-state index in [1.165, 1.54) is 22.9 Å². The Balaban J connectivity index is 1.75. The average molecular weight is 468 g/mol. The third-order valence-electron chi connectivity index (χ3n) is 4.58. The molecule has 0 saturated heterocycles. The summed E-state index contributed by atoms with van der Waals surface area (Å²) in [6.07, 6.45) is 0. The van der Waals surface area contributed by atoms with Gasteiger partial charge in [0.2, 0.25) is 5.82 Å². The SMILES string of the molecule is Cc1ccc(-c2nc(C(=O)Nc3cccc([N+](=O)[O-])c3)nn2-c2ccc(Cl)c(Cl)c2)cc1. The Morgan fingerprint density at radius 1 is 1.03 bits per heavy atom. The highest BCUT2D eigenvalue weighted by Crippen LogP contribution is 2.28. The van der Waals surface area contributed by atoms with Crippen LogP contribution in [0.5, 0.6) is 0 Å². The molecule has 1 N–H and O–H groups in total. The molecule has 1 aromatic heterocycles. The van der Waals surface area contributed by atoms with Crippen LogP contribution in [0.25, 0.3) is 17.1 Å². The van der Waals surface area contributed by atoms with Crippen LogP contribution in [-0.4, -0.2) is 25.6 Å². The van der Waals surface area contributed by atoms with E-state index in [2.05, 4.69) is 15.4 Å². The molecule has 4 aromatic rings. The third kappa shape index (κ3) is 4.46. The van der Waals surface area contributed by atoms with E-state index in [4.69, 9.17) is 23.2 Å². The Labute approximate surface area is 192 Å². The van der Waals surface area contributed by atoms with Crippen molar-refractivity contribution in [2.24, 2.45) is 0 Å². The molecular formula is C22H15Cl2N5O3. The topological polar surface area (TPSA) is 103 Å². The van der Waals surface area contributed by atoms with Crippen molar-refractivity contribution in [2.45, 2.75) is 6.92 Å². The van der Waals surface area contributed by atoms with Crippen LogP contribution < -0.4 is 5.32 Å². The third-order valence-corrected chi connectivity index (χ3v) is 5.32. The van der Waals surface area contributed by atoms with E-state index < -0.39 is 10.8 Å². The molecule has 160 valence electrons. The molecule has 0 aliphatic heterocycles. The summed E-state index contributed by atoms with van der Waals surface area (Å²) in [6, 6.07) is 18.2. The lowest BCUT2D eigenvalue weighted by Gasteiger charge is -2.07. The van der Waals surface area contributed by atoms with Crippen LogP contribution in [0.2, 0.25) is 10.0 Å². The highest BCUT2D eigenvalue weighted by molar-refractivity contribution is 6.42. The van der Waals surface area contributed by atoms with E-state index in [9.17, 15) is 14.9 Å². The summed E-state index contributed by atoms with van der Waals surface area (Å²) in [7, 11) is 0. The van der Waals surface area contributed by atoms with E-state index in [1.54, 1.807) is 24.3 Å². The van der Waals surface area contributed by atoms with Crippen LogP contribution in [0.3, 0.4) is 0 Å². The minimum Gasteiger partial charge on any atom is -0.319 e.